The zero-order chi connectivity index (χ0) is 18.7. The van der Waals surface area contributed by atoms with Gasteiger partial charge in [-0.3, -0.25) is 0 Å². The smallest absolute Gasteiger partial charge is 0.338 e. The van der Waals surface area contributed by atoms with E-state index in [4.69, 9.17) is 4.74 Å². The molecule has 0 radical (unpaired) electrons. The van der Waals surface area contributed by atoms with Crippen molar-refractivity contribution in [2.75, 3.05) is 0 Å². The molecule has 0 unspecified atom stereocenters. The maximum absolute atomic E-state index is 12.1. The van der Waals surface area contributed by atoms with E-state index >= 15 is 0 Å². The molecular weight excluding hydrogens is 326 g/mol. The highest BCUT2D eigenvalue weighted by Gasteiger charge is 2.17. The van der Waals surface area contributed by atoms with Crippen molar-refractivity contribution >= 4 is 28.7 Å². The number of benzene rings is 1. The van der Waals surface area contributed by atoms with E-state index in [-0.39, 0.29) is 5.97 Å². The van der Waals surface area contributed by atoms with Crippen molar-refractivity contribution in [1.82, 2.24) is 15.0 Å². The zero-order valence-electron chi connectivity index (χ0n) is 15.4. The average molecular weight is 347 g/mol. The van der Waals surface area contributed by atoms with Gasteiger partial charge >= 0.3 is 5.97 Å². The third-order valence-electron chi connectivity index (χ3n) is 3.73. The Hall–Kier alpha value is -3.08. The largest absolute Gasteiger partial charge is 0.456 e. The summed E-state index contributed by atoms with van der Waals surface area (Å²) in [4.78, 5) is 24.6. The molecular formula is C21H21N3O2. The standard InChI is InChI=1S/C21H21N3O2/c1-14(9-15-10-18-12-22-13-24-19(18)23-11-15)16-5-7-17(8-6-16)20(25)26-21(2,3)4/h5-13H,1-4H3. The van der Waals surface area contributed by atoms with Gasteiger partial charge in [0.1, 0.15) is 11.9 Å². The van der Waals surface area contributed by atoms with Crippen LogP contribution in [0.4, 0.5) is 0 Å². The van der Waals surface area contributed by atoms with Gasteiger partial charge < -0.3 is 4.74 Å². The monoisotopic (exact) mass is 347 g/mol. The number of hydrogen-bond acceptors (Lipinski definition) is 5. The Balaban J connectivity index is 1.81. The second kappa shape index (κ2) is 7.04. The summed E-state index contributed by atoms with van der Waals surface area (Å²) in [5.74, 6) is -0.315. The summed E-state index contributed by atoms with van der Waals surface area (Å²) in [5, 5.41) is 0.898. The first kappa shape index (κ1) is 17.7. The van der Waals surface area contributed by atoms with Crippen molar-refractivity contribution in [3.63, 3.8) is 0 Å². The van der Waals surface area contributed by atoms with E-state index in [1.807, 2.05) is 52.0 Å². The Kier molecular flexibility index (Phi) is 4.80. The quantitative estimate of drug-likeness (QED) is 0.651. The number of aromatic nitrogens is 3. The minimum absolute atomic E-state index is 0.315. The van der Waals surface area contributed by atoms with Gasteiger partial charge in [-0.25, -0.2) is 19.7 Å². The summed E-state index contributed by atoms with van der Waals surface area (Å²) < 4.78 is 5.39. The number of carbonyl (C=O) groups is 1. The molecule has 2 heterocycles. The molecule has 2 aromatic heterocycles. The minimum Gasteiger partial charge on any atom is -0.456 e. The van der Waals surface area contributed by atoms with Crippen molar-refractivity contribution in [2.24, 2.45) is 0 Å². The van der Waals surface area contributed by atoms with Crippen LogP contribution in [0.1, 0.15) is 49.2 Å². The maximum atomic E-state index is 12.1. The fraction of sp³-hybridized carbons (Fsp3) is 0.238. The molecule has 1 aromatic carbocycles. The first-order valence-corrected chi connectivity index (χ1v) is 8.40. The van der Waals surface area contributed by atoms with E-state index in [2.05, 4.69) is 15.0 Å². The second-order valence-corrected chi connectivity index (χ2v) is 7.11. The molecule has 0 bridgehead atoms. The van der Waals surface area contributed by atoms with Gasteiger partial charge in [-0.2, -0.15) is 0 Å². The molecule has 5 nitrogen and oxygen atoms in total. The van der Waals surface area contributed by atoms with Gasteiger partial charge in [0.25, 0.3) is 0 Å². The van der Waals surface area contributed by atoms with Crippen LogP contribution in [-0.2, 0) is 4.74 Å². The predicted octanol–water partition coefficient (Wildman–Crippen LogP) is 4.54. The molecule has 132 valence electrons. The summed E-state index contributed by atoms with van der Waals surface area (Å²) in [6.45, 7) is 7.59. The van der Waals surface area contributed by atoms with Crippen LogP contribution in [0.3, 0.4) is 0 Å². The number of carbonyl (C=O) groups excluding carboxylic acids is 1. The molecule has 0 saturated carbocycles. The second-order valence-electron chi connectivity index (χ2n) is 7.11. The minimum atomic E-state index is -0.502. The molecule has 3 rings (SSSR count). The number of ether oxygens (including phenoxy) is 1. The van der Waals surface area contributed by atoms with Crippen LogP contribution in [0.2, 0.25) is 0 Å². The normalized spacial score (nSPS) is 12.2. The molecule has 3 aromatic rings. The molecule has 0 N–H and O–H groups in total. The van der Waals surface area contributed by atoms with Crippen LogP contribution in [0.25, 0.3) is 22.7 Å². The Bertz CT molecular complexity index is 970. The van der Waals surface area contributed by atoms with Crippen LogP contribution in [0.15, 0.2) is 49.1 Å². The van der Waals surface area contributed by atoms with Crippen molar-refractivity contribution in [2.45, 2.75) is 33.3 Å². The highest BCUT2D eigenvalue weighted by atomic mass is 16.6. The maximum Gasteiger partial charge on any atom is 0.338 e. The van der Waals surface area contributed by atoms with Gasteiger partial charge in [-0.05, 0) is 68.7 Å². The summed E-state index contributed by atoms with van der Waals surface area (Å²) >= 11 is 0. The third-order valence-corrected chi connectivity index (χ3v) is 3.73. The summed E-state index contributed by atoms with van der Waals surface area (Å²) in [5.41, 5.74) is 3.79. The summed E-state index contributed by atoms with van der Waals surface area (Å²) in [6.07, 6.45) is 7.07. The molecule has 0 amide bonds. The number of rotatable bonds is 3. The molecule has 0 spiro atoms. The van der Waals surface area contributed by atoms with Crippen molar-refractivity contribution in [3.8, 4) is 0 Å². The summed E-state index contributed by atoms with van der Waals surface area (Å²) in [6, 6.07) is 9.41. The fourth-order valence-electron chi connectivity index (χ4n) is 2.51. The lowest BCUT2D eigenvalue weighted by atomic mass is 10.0. The van der Waals surface area contributed by atoms with Gasteiger partial charge in [0.15, 0.2) is 5.65 Å². The topological polar surface area (TPSA) is 65.0 Å². The van der Waals surface area contributed by atoms with Gasteiger partial charge in [-0.1, -0.05) is 12.1 Å². The van der Waals surface area contributed by atoms with Gasteiger partial charge in [-0.15, -0.1) is 0 Å². The van der Waals surface area contributed by atoms with E-state index in [0.717, 1.165) is 22.1 Å². The van der Waals surface area contributed by atoms with Crippen molar-refractivity contribution in [1.29, 1.82) is 0 Å². The lowest BCUT2D eigenvalue weighted by Crippen LogP contribution is -2.23. The Morgan fingerprint density at radius 2 is 1.73 bits per heavy atom. The molecule has 0 aliphatic rings. The number of esters is 1. The average Bonchev–Trinajstić information content (AvgIpc) is 2.60. The highest BCUT2D eigenvalue weighted by molar-refractivity contribution is 5.91. The lowest BCUT2D eigenvalue weighted by Gasteiger charge is -2.19. The summed E-state index contributed by atoms with van der Waals surface area (Å²) in [7, 11) is 0. The first-order valence-electron chi connectivity index (χ1n) is 8.40. The van der Waals surface area contributed by atoms with E-state index in [1.54, 1.807) is 24.5 Å². The molecule has 0 aliphatic carbocycles. The molecule has 0 saturated heterocycles. The van der Waals surface area contributed by atoms with E-state index in [0.29, 0.717) is 11.2 Å². The van der Waals surface area contributed by atoms with Crippen molar-refractivity contribution in [3.05, 3.63) is 65.7 Å². The molecule has 0 fully saturated rings. The highest BCUT2D eigenvalue weighted by Crippen LogP contribution is 2.20. The lowest BCUT2D eigenvalue weighted by molar-refractivity contribution is 0.00695. The zero-order valence-corrected chi connectivity index (χ0v) is 15.4. The number of hydrogen-bond donors (Lipinski definition) is 0. The van der Waals surface area contributed by atoms with Gasteiger partial charge in [0, 0.05) is 17.8 Å². The van der Waals surface area contributed by atoms with Crippen molar-refractivity contribution < 1.29 is 9.53 Å². The molecule has 5 heteroatoms. The van der Waals surface area contributed by atoms with Crippen LogP contribution >= 0.6 is 0 Å². The number of pyridine rings is 1. The van der Waals surface area contributed by atoms with E-state index in [9.17, 15) is 4.79 Å². The third kappa shape index (κ3) is 4.30. The molecule has 26 heavy (non-hydrogen) atoms. The van der Waals surface area contributed by atoms with E-state index < -0.39 is 5.60 Å². The Morgan fingerprint density at radius 3 is 2.42 bits per heavy atom. The Morgan fingerprint density at radius 1 is 1.04 bits per heavy atom. The predicted molar refractivity (Wildman–Crippen MR) is 102 cm³/mol. The van der Waals surface area contributed by atoms with Crippen LogP contribution in [-0.4, -0.2) is 26.5 Å². The molecule has 0 aliphatic heterocycles. The number of fused-ring (bicyclic) bond motifs is 1. The number of nitrogens with zero attached hydrogens (tertiary/aromatic N) is 3. The van der Waals surface area contributed by atoms with Crippen LogP contribution in [0.5, 0.6) is 0 Å². The number of allylic oxidation sites excluding steroid dienone is 1. The van der Waals surface area contributed by atoms with E-state index in [1.165, 1.54) is 6.33 Å². The Labute approximate surface area is 152 Å². The van der Waals surface area contributed by atoms with Crippen LogP contribution in [0, 0.1) is 0 Å². The fourth-order valence-corrected chi connectivity index (χ4v) is 2.51. The SMILES string of the molecule is CC(=Cc1cnc2ncncc2c1)c1ccc(C(=O)OC(C)(C)C)cc1. The van der Waals surface area contributed by atoms with Gasteiger partial charge in [0.2, 0.25) is 0 Å². The first-order chi connectivity index (χ1) is 12.3. The van der Waals surface area contributed by atoms with Crippen LogP contribution < -0.4 is 0 Å². The van der Waals surface area contributed by atoms with Gasteiger partial charge in [0.05, 0.1) is 5.56 Å². The molecule has 0 atom stereocenters.